The van der Waals surface area contributed by atoms with Crippen LogP contribution in [0.3, 0.4) is 0 Å². The van der Waals surface area contributed by atoms with Crippen molar-refractivity contribution in [1.29, 1.82) is 0 Å². The number of cyclic esters (lactones) is 2. The molecule has 1 heterocycles. The summed E-state index contributed by atoms with van der Waals surface area (Å²) in [5, 5.41) is 2.28. The van der Waals surface area contributed by atoms with E-state index >= 15 is 0 Å². The number of carbonyl (C=O) groups excluding carboxylic acids is 4. The van der Waals surface area contributed by atoms with Crippen molar-refractivity contribution in [3.63, 3.8) is 0 Å². The molecule has 0 aromatic carbocycles. The van der Waals surface area contributed by atoms with Crippen LogP contribution in [0, 0.1) is 0 Å². The van der Waals surface area contributed by atoms with Crippen LogP contribution in [-0.4, -0.2) is 43.0 Å². The molecule has 1 saturated heterocycles. The molecular weight excluding hydrogens is 232 g/mol. The van der Waals surface area contributed by atoms with Crippen LogP contribution in [0.2, 0.25) is 0 Å². The Labute approximate surface area is 96.4 Å². The van der Waals surface area contributed by atoms with Crippen molar-refractivity contribution in [2.45, 2.75) is 25.0 Å². The SMILES string of the molecule is CNC(=O)CC1OC(=O)C(CC(N)=O)OC1=O. The quantitative estimate of drug-likeness (QED) is 0.542. The zero-order valence-electron chi connectivity index (χ0n) is 9.10. The van der Waals surface area contributed by atoms with E-state index < -0.39 is 42.4 Å². The number of primary amides is 1. The first-order chi connectivity index (χ1) is 7.93. The molecule has 17 heavy (non-hydrogen) atoms. The normalized spacial score (nSPS) is 23.6. The van der Waals surface area contributed by atoms with E-state index in [4.69, 9.17) is 10.5 Å². The summed E-state index contributed by atoms with van der Waals surface area (Å²) in [5.74, 6) is -2.99. The summed E-state index contributed by atoms with van der Waals surface area (Å²) >= 11 is 0. The molecule has 2 atom stereocenters. The largest absolute Gasteiger partial charge is 0.447 e. The van der Waals surface area contributed by atoms with E-state index in [2.05, 4.69) is 10.1 Å². The summed E-state index contributed by atoms with van der Waals surface area (Å²) in [6, 6.07) is 0. The number of nitrogens with two attached hydrogens (primary N) is 1. The Balaban J connectivity index is 2.61. The summed E-state index contributed by atoms with van der Waals surface area (Å²) in [4.78, 5) is 44.3. The molecule has 0 aromatic heterocycles. The number of rotatable bonds is 4. The van der Waals surface area contributed by atoms with Gasteiger partial charge in [-0.2, -0.15) is 0 Å². The molecule has 1 rings (SSSR count). The molecule has 0 aromatic rings. The van der Waals surface area contributed by atoms with Crippen LogP contribution in [-0.2, 0) is 28.7 Å². The lowest BCUT2D eigenvalue weighted by Crippen LogP contribution is -2.47. The molecule has 1 fully saturated rings. The Bertz CT molecular complexity index is 366. The van der Waals surface area contributed by atoms with Crippen molar-refractivity contribution in [3.8, 4) is 0 Å². The van der Waals surface area contributed by atoms with Crippen molar-refractivity contribution >= 4 is 23.8 Å². The number of hydrogen-bond acceptors (Lipinski definition) is 6. The maximum absolute atomic E-state index is 11.4. The van der Waals surface area contributed by atoms with Crippen molar-refractivity contribution in [2.24, 2.45) is 5.73 Å². The first-order valence-corrected chi connectivity index (χ1v) is 4.84. The number of hydrogen-bond donors (Lipinski definition) is 2. The zero-order valence-corrected chi connectivity index (χ0v) is 9.10. The summed E-state index contributed by atoms with van der Waals surface area (Å²) < 4.78 is 9.38. The van der Waals surface area contributed by atoms with Gasteiger partial charge in [-0.05, 0) is 0 Å². The van der Waals surface area contributed by atoms with Gasteiger partial charge in [0, 0.05) is 7.05 Å². The van der Waals surface area contributed by atoms with Crippen LogP contribution in [0.1, 0.15) is 12.8 Å². The monoisotopic (exact) mass is 244 g/mol. The molecule has 1 aliphatic heterocycles. The van der Waals surface area contributed by atoms with Crippen LogP contribution in [0.15, 0.2) is 0 Å². The number of esters is 2. The van der Waals surface area contributed by atoms with Crippen LogP contribution in [0.5, 0.6) is 0 Å². The minimum atomic E-state index is -1.32. The minimum Gasteiger partial charge on any atom is -0.447 e. The second kappa shape index (κ2) is 5.28. The predicted molar refractivity (Wildman–Crippen MR) is 52.3 cm³/mol. The van der Waals surface area contributed by atoms with Gasteiger partial charge >= 0.3 is 11.9 Å². The second-order valence-electron chi connectivity index (χ2n) is 3.40. The Hall–Kier alpha value is -2.12. The van der Waals surface area contributed by atoms with Crippen molar-refractivity contribution in [2.75, 3.05) is 7.05 Å². The van der Waals surface area contributed by atoms with Gasteiger partial charge in [-0.25, -0.2) is 9.59 Å². The maximum atomic E-state index is 11.4. The third kappa shape index (κ3) is 3.44. The highest BCUT2D eigenvalue weighted by Crippen LogP contribution is 2.15. The van der Waals surface area contributed by atoms with E-state index in [1.165, 1.54) is 7.05 Å². The molecule has 1 aliphatic rings. The van der Waals surface area contributed by atoms with E-state index in [-0.39, 0.29) is 6.42 Å². The maximum Gasteiger partial charge on any atom is 0.348 e. The van der Waals surface area contributed by atoms with Gasteiger partial charge in [0.1, 0.15) is 0 Å². The number of amides is 2. The van der Waals surface area contributed by atoms with E-state index in [0.29, 0.717) is 0 Å². The standard InChI is InChI=1S/C9H12N2O6/c1-11-7(13)3-5-9(15)16-4(2-6(10)12)8(14)17-5/h4-5H,2-3H2,1H3,(H2,10,12)(H,11,13). The summed E-state index contributed by atoms with van der Waals surface area (Å²) in [5.41, 5.74) is 4.87. The molecule has 94 valence electrons. The molecule has 0 bridgehead atoms. The summed E-state index contributed by atoms with van der Waals surface area (Å²) in [7, 11) is 1.38. The van der Waals surface area contributed by atoms with Gasteiger partial charge in [0.2, 0.25) is 24.0 Å². The topological polar surface area (TPSA) is 125 Å². The minimum absolute atomic E-state index is 0.315. The highest BCUT2D eigenvalue weighted by Gasteiger charge is 2.39. The Morgan fingerprint density at radius 1 is 1.18 bits per heavy atom. The van der Waals surface area contributed by atoms with Crippen LogP contribution < -0.4 is 11.1 Å². The average Bonchev–Trinajstić information content (AvgIpc) is 2.24. The van der Waals surface area contributed by atoms with E-state index in [9.17, 15) is 19.2 Å². The lowest BCUT2D eigenvalue weighted by Gasteiger charge is -2.26. The Morgan fingerprint density at radius 2 is 1.65 bits per heavy atom. The van der Waals surface area contributed by atoms with E-state index in [0.717, 1.165) is 0 Å². The first kappa shape index (κ1) is 12.9. The summed E-state index contributed by atoms with van der Waals surface area (Å²) in [6.45, 7) is 0. The average molecular weight is 244 g/mol. The van der Waals surface area contributed by atoms with Gasteiger partial charge in [-0.15, -0.1) is 0 Å². The predicted octanol–water partition coefficient (Wildman–Crippen LogP) is -2.16. The molecule has 0 saturated carbocycles. The van der Waals surface area contributed by atoms with Crippen molar-refractivity contribution < 1.29 is 28.7 Å². The molecule has 0 spiro atoms. The molecule has 0 aliphatic carbocycles. The smallest absolute Gasteiger partial charge is 0.348 e. The molecule has 0 radical (unpaired) electrons. The molecule has 2 amide bonds. The Kier molecular flexibility index (Phi) is 4.02. The van der Waals surface area contributed by atoms with E-state index in [1.807, 2.05) is 0 Å². The highest BCUT2D eigenvalue weighted by molar-refractivity contribution is 5.93. The van der Waals surface area contributed by atoms with Crippen LogP contribution in [0.25, 0.3) is 0 Å². The lowest BCUT2D eigenvalue weighted by molar-refractivity contribution is -0.196. The van der Waals surface area contributed by atoms with Crippen molar-refractivity contribution in [1.82, 2.24) is 5.32 Å². The molecule has 8 nitrogen and oxygen atoms in total. The molecule has 3 N–H and O–H groups in total. The molecule has 8 heteroatoms. The van der Waals surface area contributed by atoms with Gasteiger partial charge < -0.3 is 20.5 Å². The second-order valence-corrected chi connectivity index (χ2v) is 3.40. The fourth-order valence-corrected chi connectivity index (χ4v) is 1.23. The van der Waals surface area contributed by atoms with Crippen LogP contribution >= 0.6 is 0 Å². The first-order valence-electron chi connectivity index (χ1n) is 4.84. The van der Waals surface area contributed by atoms with Gasteiger partial charge in [-0.1, -0.05) is 0 Å². The molecular formula is C9H12N2O6. The summed E-state index contributed by atoms with van der Waals surface area (Å²) in [6.07, 6.45) is -3.34. The Morgan fingerprint density at radius 3 is 2.06 bits per heavy atom. The number of carbonyl (C=O) groups is 4. The van der Waals surface area contributed by atoms with Gasteiger partial charge in [0.15, 0.2) is 0 Å². The fraction of sp³-hybridized carbons (Fsp3) is 0.556. The van der Waals surface area contributed by atoms with Gasteiger partial charge in [-0.3, -0.25) is 9.59 Å². The number of nitrogens with one attached hydrogen (secondary N) is 1. The van der Waals surface area contributed by atoms with Crippen LogP contribution in [0.4, 0.5) is 0 Å². The fourth-order valence-electron chi connectivity index (χ4n) is 1.23. The third-order valence-electron chi connectivity index (χ3n) is 2.08. The zero-order chi connectivity index (χ0) is 13.0. The molecule has 2 unspecified atom stereocenters. The van der Waals surface area contributed by atoms with Gasteiger partial charge in [0.25, 0.3) is 0 Å². The van der Waals surface area contributed by atoms with Gasteiger partial charge in [0.05, 0.1) is 12.8 Å². The van der Waals surface area contributed by atoms with Crippen molar-refractivity contribution in [3.05, 3.63) is 0 Å². The highest BCUT2D eigenvalue weighted by atomic mass is 16.6. The lowest BCUT2D eigenvalue weighted by atomic mass is 10.1. The van der Waals surface area contributed by atoms with E-state index in [1.54, 1.807) is 0 Å². The third-order valence-corrected chi connectivity index (χ3v) is 2.08. The number of ether oxygens (including phenoxy) is 2.